The number of halogens is 1. The zero-order chi connectivity index (χ0) is 21.2. The van der Waals surface area contributed by atoms with E-state index in [0.717, 1.165) is 24.2 Å². The number of amides is 3. The van der Waals surface area contributed by atoms with E-state index in [1.807, 2.05) is 4.90 Å². The average molecular weight is 400 g/mol. The highest BCUT2D eigenvalue weighted by Crippen LogP contribution is 2.53. The van der Waals surface area contributed by atoms with Crippen LogP contribution in [-0.2, 0) is 19.8 Å². The van der Waals surface area contributed by atoms with E-state index in [1.54, 1.807) is 6.07 Å². The lowest BCUT2D eigenvalue weighted by molar-refractivity contribution is -0.141. The predicted octanol–water partition coefficient (Wildman–Crippen LogP) is 3.27. The van der Waals surface area contributed by atoms with Crippen LogP contribution in [0.15, 0.2) is 24.3 Å². The van der Waals surface area contributed by atoms with Crippen molar-refractivity contribution in [2.45, 2.75) is 64.3 Å². The summed E-state index contributed by atoms with van der Waals surface area (Å²) in [6.45, 7) is 7.40. The molecule has 29 heavy (non-hydrogen) atoms. The number of likely N-dealkylation sites (tertiary alicyclic amines) is 2. The van der Waals surface area contributed by atoms with Crippen LogP contribution in [0, 0.1) is 16.6 Å². The first-order valence-corrected chi connectivity index (χ1v) is 10.3. The molecule has 156 valence electrons. The monoisotopic (exact) mass is 400 g/mol. The number of imide groups is 1. The molecule has 6 heteroatoms. The molecular formula is C23H29FN2O3. The second kappa shape index (κ2) is 6.38. The number of nitrogens with zero attached hydrogens (tertiary/aromatic N) is 2. The minimum atomic E-state index is -1.32. The Morgan fingerprint density at radius 2 is 1.93 bits per heavy atom. The number of hydrogen-bond donors (Lipinski definition) is 0. The number of carbonyl (C=O) groups is 3. The largest absolute Gasteiger partial charge is 0.339 e. The molecule has 3 aliphatic rings. The molecule has 3 atom stereocenters. The van der Waals surface area contributed by atoms with E-state index >= 15 is 0 Å². The van der Waals surface area contributed by atoms with Crippen molar-refractivity contribution in [3.05, 3.63) is 35.6 Å². The standard InChI is InChI=1S/C23H29FN2O3/c1-21(2)9-17-10-22(3,13-21)14-26(17)19(28)12-23(11-18(27)25(4)20(23)29)15-6-5-7-16(24)8-15/h5-8,17H,9-14H2,1-4H3/t17-,22+,23-/m0/s1. The fraction of sp³-hybridized carbons (Fsp3) is 0.609. The van der Waals surface area contributed by atoms with E-state index in [9.17, 15) is 18.8 Å². The third-order valence-electron chi connectivity index (χ3n) is 7.11. The first kappa shape index (κ1) is 20.0. The van der Waals surface area contributed by atoms with E-state index in [1.165, 1.54) is 25.2 Å². The van der Waals surface area contributed by atoms with Gasteiger partial charge in [-0.05, 0) is 47.8 Å². The number of benzene rings is 1. The summed E-state index contributed by atoms with van der Waals surface area (Å²) < 4.78 is 14.0. The number of fused-ring (bicyclic) bond motifs is 2. The number of hydrogen-bond acceptors (Lipinski definition) is 3. The summed E-state index contributed by atoms with van der Waals surface area (Å²) in [6.07, 6.45) is 2.78. The van der Waals surface area contributed by atoms with Gasteiger partial charge in [-0.3, -0.25) is 19.3 Å². The van der Waals surface area contributed by atoms with Gasteiger partial charge in [-0.15, -0.1) is 0 Å². The van der Waals surface area contributed by atoms with Gasteiger partial charge >= 0.3 is 0 Å². The van der Waals surface area contributed by atoms with Crippen LogP contribution in [-0.4, -0.2) is 47.2 Å². The molecular weight excluding hydrogens is 371 g/mol. The Bertz CT molecular complexity index is 898. The van der Waals surface area contributed by atoms with Crippen LogP contribution in [0.4, 0.5) is 4.39 Å². The van der Waals surface area contributed by atoms with Crippen molar-refractivity contribution in [3.63, 3.8) is 0 Å². The van der Waals surface area contributed by atoms with Crippen LogP contribution in [0.25, 0.3) is 0 Å². The molecule has 1 aromatic carbocycles. The van der Waals surface area contributed by atoms with Crippen molar-refractivity contribution in [1.82, 2.24) is 9.80 Å². The van der Waals surface area contributed by atoms with E-state index in [0.29, 0.717) is 12.1 Å². The van der Waals surface area contributed by atoms with Crippen LogP contribution in [0.2, 0.25) is 0 Å². The number of rotatable bonds is 3. The molecule has 2 heterocycles. The van der Waals surface area contributed by atoms with Gasteiger partial charge in [0.1, 0.15) is 5.82 Å². The highest BCUT2D eigenvalue weighted by Gasteiger charge is 2.56. The first-order chi connectivity index (χ1) is 13.4. The lowest BCUT2D eigenvalue weighted by Gasteiger charge is -2.39. The summed E-state index contributed by atoms with van der Waals surface area (Å²) in [5.41, 5.74) is -0.660. The molecule has 1 aliphatic carbocycles. The van der Waals surface area contributed by atoms with Gasteiger partial charge in [0.2, 0.25) is 17.7 Å². The van der Waals surface area contributed by atoms with Crippen LogP contribution in [0.3, 0.4) is 0 Å². The molecule has 0 N–H and O–H groups in total. The molecule has 1 aromatic rings. The highest BCUT2D eigenvalue weighted by atomic mass is 19.1. The molecule has 2 saturated heterocycles. The lowest BCUT2D eigenvalue weighted by atomic mass is 9.65. The molecule has 3 amide bonds. The topological polar surface area (TPSA) is 57.7 Å². The number of likely N-dealkylation sites (N-methyl/N-ethyl adjacent to an activating group) is 1. The summed E-state index contributed by atoms with van der Waals surface area (Å²) in [4.78, 5) is 41.9. The second-order valence-electron chi connectivity index (χ2n) is 10.4. The minimum absolute atomic E-state index is 0.0837. The molecule has 0 radical (unpaired) electrons. The Morgan fingerprint density at radius 1 is 1.21 bits per heavy atom. The Balaban J connectivity index is 1.67. The van der Waals surface area contributed by atoms with Gasteiger partial charge < -0.3 is 4.90 Å². The summed E-state index contributed by atoms with van der Waals surface area (Å²) in [5.74, 6) is -1.34. The molecule has 0 unspecified atom stereocenters. The quantitative estimate of drug-likeness (QED) is 0.732. The third kappa shape index (κ3) is 3.26. The zero-order valence-corrected chi connectivity index (χ0v) is 17.6. The van der Waals surface area contributed by atoms with Crippen LogP contribution in [0.1, 0.15) is 58.4 Å². The second-order valence-corrected chi connectivity index (χ2v) is 10.4. The van der Waals surface area contributed by atoms with E-state index < -0.39 is 17.1 Å². The van der Waals surface area contributed by atoms with Crippen LogP contribution < -0.4 is 0 Å². The van der Waals surface area contributed by atoms with E-state index in [2.05, 4.69) is 20.8 Å². The maximum absolute atomic E-state index is 14.0. The van der Waals surface area contributed by atoms with Gasteiger partial charge in [0, 0.05) is 32.5 Å². The maximum atomic E-state index is 14.0. The fourth-order valence-electron chi connectivity index (χ4n) is 6.25. The van der Waals surface area contributed by atoms with Gasteiger partial charge in [0.25, 0.3) is 0 Å². The van der Waals surface area contributed by atoms with Crippen molar-refractivity contribution < 1.29 is 18.8 Å². The first-order valence-electron chi connectivity index (χ1n) is 10.3. The summed E-state index contributed by atoms with van der Waals surface area (Å²) in [6, 6.07) is 5.92. The normalized spacial score (nSPS) is 33.5. The van der Waals surface area contributed by atoms with Gasteiger partial charge in [0.15, 0.2) is 0 Å². The fourth-order valence-corrected chi connectivity index (χ4v) is 6.25. The zero-order valence-electron chi connectivity index (χ0n) is 17.6. The SMILES string of the molecule is CN1C(=O)C[C@](CC(=O)N2C[C@]3(C)C[C@@H]2CC(C)(C)C3)(c2cccc(F)c2)C1=O. The smallest absolute Gasteiger partial charge is 0.240 e. The third-order valence-corrected chi connectivity index (χ3v) is 7.11. The van der Waals surface area contributed by atoms with Gasteiger partial charge in [-0.25, -0.2) is 4.39 Å². The van der Waals surface area contributed by atoms with Gasteiger partial charge in [0.05, 0.1) is 5.41 Å². The van der Waals surface area contributed by atoms with Crippen molar-refractivity contribution in [3.8, 4) is 0 Å². The molecule has 1 saturated carbocycles. The Morgan fingerprint density at radius 3 is 2.55 bits per heavy atom. The average Bonchev–Trinajstić information content (AvgIpc) is 2.99. The summed E-state index contributed by atoms with van der Waals surface area (Å²) in [5, 5.41) is 0. The predicted molar refractivity (Wildman–Crippen MR) is 106 cm³/mol. The molecule has 2 bridgehead atoms. The van der Waals surface area contributed by atoms with Crippen molar-refractivity contribution in [2.24, 2.45) is 10.8 Å². The summed E-state index contributed by atoms with van der Waals surface area (Å²) >= 11 is 0. The van der Waals surface area contributed by atoms with Crippen LogP contribution in [0.5, 0.6) is 0 Å². The van der Waals surface area contributed by atoms with Gasteiger partial charge in [-0.1, -0.05) is 32.9 Å². The molecule has 2 aliphatic heterocycles. The minimum Gasteiger partial charge on any atom is -0.339 e. The highest BCUT2D eigenvalue weighted by molar-refractivity contribution is 6.10. The maximum Gasteiger partial charge on any atom is 0.240 e. The molecule has 4 rings (SSSR count). The lowest BCUT2D eigenvalue weighted by Crippen LogP contribution is -2.44. The van der Waals surface area contributed by atoms with E-state index in [4.69, 9.17) is 0 Å². The Labute approximate surface area is 171 Å². The summed E-state index contributed by atoms with van der Waals surface area (Å²) in [7, 11) is 1.43. The molecule has 3 fully saturated rings. The molecule has 0 spiro atoms. The molecule has 0 aromatic heterocycles. The molecule has 5 nitrogen and oxygen atoms in total. The van der Waals surface area contributed by atoms with Crippen LogP contribution >= 0.6 is 0 Å². The van der Waals surface area contributed by atoms with Gasteiger partial charge in [-0.2, -0.15) is 0 Å². The Hall–Kier alpha value is -2.24. The van der Waals surface area contributed by atoms with Crippen molar-refractivity contribution in [2.75, 3.05) is 13.6 Å². The van der Waals surface area contributed by atoms with Crippen molar-refractivity contribution in [1.29, 1.82) is 0 Å². The number of carbonyl (C=O) groups excluding carboxylic acids is 3. The van der Waals surface area contributed by atoms with E-state index in [-0.39, 0.29) is 41.5 Å². The Kier molecular flexibility index (Phi) is 4.41. The van der Waals surface area contributed by atoms with Crippen molar-refractivity contribution >= 4 is 17.7 Å².